The number of rotatable bonds is 6. The van der Waals surface area contributed by atoms with Crippen molar-refractivity contribution in [3.8, 4) is 0 Å². The first-order valence-electron chi connectivity index (χ1n) is 7.24. The molecule has 1 heterocycles. The van der Waals surface area contributed by atoms with E-state index in [0.29, 0.717) is 41.9 Å². The molecular weight excluding hydrogens is 326 g/mol. The number of hydrogen-bond donors (Lipinski definition) is 2. The Kier molecular flexibility index (Phi) is 6.35. The summed E-state index contributed by atoms with van der Waals surface area (Å²) in [7, 11) is 0. The summed E-state index contributed by atoms with van der Waals surface area (Å²) in [5.41, 5.74) is 0.528. The second-order valence-corrected chi connectivity index (χ2v) is 6.43. The van der Waals surface area contributed by atoms with Crippen LogP contribution in [0, 0.1) is 5.92 Å². The van der Waals surface area contributed by atoms with Crippen LogP contribution < -0.4 is 5.32 Å². The first-order valence-corrected chi connectivity index (χ1v) is 8.12. The highest BCUT2D eigenvalue weighted by Gasteiger charge is 2.26. The predicted molar refractivity (Wildman–Crippen MR) is 83.7 cm³/mol. The maximum atomic E-state index is 12.2. The van der Waals surface area contributed by atoms with Crippen LogP contribution in [0.4, 0.5) is 14.5 Å². The molecule has 5 nitrogen and oxygen atoms in total. The lowest BCUT2D eigenvalue weighted by molar-refractivity contribution is -0.144. The van der Waals surface area contributed by atoms with Gasteiger partial charge in [0.1, 0.15) is 0 Å². The van der Waals surface area contributed by atoms with Gasteiger partial charge >= 0.3 is 5.97 Å². The Labute approximate surface area is 137 Å². The van der Waals surface area contributed by atoms with Crippen molar-refractivity contribution in [2.75, 3.05) is 25.0 Å². The first kappa shape index (κ1) is 17.7. The third kappa shape index (κ3) is 5.80. The number of alkyl halides is 2. The van der Waals surface area contributed by atoms with Crippen molar-refractivity contribution in [3.63, 3.8) is 0 Å². The normalized spacial score (nSPS) is 18.8. The molecule has 0 radical (unpaired) electrons. The zero-order chi connectivity index (χ0) is 16.8. The van der Waals surface area contributed by atoms with Crippen LogP contribution in [0.25, 0.3) is 0 Å². The Morgan fingerprint density at radius 1 is 1.35 bits per heavy atom. The first-order chi connectivity index (χ1) is 10.9. The molecule has 1 aromatic carbocycles. The number of nitrogens with one attached hydrogen (secondary N) is 1. The molecule has 1 amide bonds. The Bertz CT molecular complexity index is 554. The molecular formula is C15H18F2N2O3S. The number of likely N-dealkylation sites (tertiary alicyclic amines) is 1. The van der Waals surface area contributed by atoms with Crippen LogP contribution in [0.2, 0.25) is 0 Å². The summed E-state index contributed by atoms with van der Waals surface area (Å²) in [5, 5.41) is 11.7. The number of carboxylic acids is 1. The lowest BCUT2D eigenvalue weighted by Gasteiger charge is -2.29. The van der Waals surface area contributed by atoms with Crippen molar-refractivity contribution in [3.05, 3.63) is 24.3 Å². The summed E-state index contributed by atoms with van der Waals surface area (Å²) in [5.74, 6) is -3.98. The van der Waals surface area contributed by atoms with Crippen LogP contribution in [0.1, 0.15) is 12.8 Å². The third-order valence-electron chi connectivity index (χ3n) is 3.59. The number of amides is 1. The fourth-order valence-corrected chi connectivity index (χ4v) is 3.02. The minimum Gasteiger partial charge on any atom is -0.481 e. The molecule has 0 aliphatic carbocycles. The number of aliphatic carboxylic acids is 1. The molecule has 1 aromatic rings. The number of halogens is 2. The zero-order valence-electron chi connectivity index (χ0n) is 12.4. The van der Waals surface area contributed by atoms with E-state index >= 15 is 0 Å². The van der Waals surface area contributed by atoms with Crippen LogP contribution >= 0.6 is 11.8 Å². The van der Waals surface area contributed by atoms with Gasteiger partial charge in [0.15, 0.2) is 0 Å². The molecule has 126 valence electrons. The van der Waals surface area contributed by atoms with Gasteiger partial charge in [0.25, 0.3) is 5.76 Å². The smallest absolute Gasteiger partial charge is 0.307 e. The number of thioether (sulfide) groups is 1. The van der Waals surface area contributed by atoms with E-state index in [2.05, 4.69) is 5.32 Å². The van der Waals surface area contributed by atoms with E-state index in [1.54, 1.807) is 12.1 Å². The molecule has 0 bridgehead atoms. The molecule has 2 N–H and O–H groups in total. The van der Waals surface area contributed by atoms with E-state index in [4.69, 9.17) is 5.11 Å². The molecule has 1 atom stereocenters. The van der Waals surface area contributed by atoms with Crippen LogP contribution in [0.3, 0.4) is 0 Å². The van der Waals surface area contributed by atoms with Crippen LogP contribution in [0.5, 0.6) is 0 Å². The van der Waals surface area contributed by atoms with E-state index < -0.39 is 17.6 Å². The second kappa shape index (κ2) is 8.26. The van der Waals surface area contributed by atoms with E-state index in [9.17, 15) is 18.4 Å². The molecule has 0 spiro atoms. The maximum absolute atomic E-state index is 12.2. The molecule has 1 aliphatic heterocycles. The highest BCUT2D eigenvalue weighted by Crippen LogP contribution is 2.26. The van der Waals surface area contributed by atoms with Crippen molar-refractivity contribution in [2.45, 2.75) is 23.5 Å². The Hall–Kier alpha value is -1.67. The number of hydrogen-bond acceptors (Lipinski definition) is 4. The van der Waals surface area contributed by atoms with Gasteiger partial charge in [0, 0.05) is 17.1 Å². The Morgan fingerprint density at radius 3 is 2.65 bits per heavy atom. The largest absolute Gasteiger partial charge is 0.481 e. The quantitative estimate of drug-likeness (QED) is 0.777. The van der Waals surface area contributed by atoms with Gasteiger partial charge < -0.3 is 10.4 Å². The summed E-state index contributed by atoms with van der Waals surface area (Å²) >= 11 is 0.448. The number of carbonyl (C=O) groups is 2. The van der Waals surface area contributed by atoms with Gasteiger partial charge in [0.2, 0.25) is 5.91 Å². The third-order valence-corrected chi connectivity index (χ3v) is 4.31. The summed E-state index contributed by atoms with van der Waals surface area (Å²) in [6.07, 6.45) is 1.39. The summed E-state index contributed by atoms with van der Waals surface area (Å²) in [4.78, 5) is 25.2. The molecule has 1 unspecified atom stereocenters. The van der Waals surface area contributed by atoms with Gasteiger partial charge in [-0.1, -0.05) is 11.8 Å². The SMILES string of the molecule is O=C(CN1CCCC(C(=O)O)C1)Nc1ccc(SC(F)F)cc1. The van der Waals surface area contributed by atoms with Gasteiger partial charge in [0.05, 0.1) is 12.5 Å². The fourth-order valence-electron chi connectivity index (χ4n) is 2.52. The predicted octanol–water partition coefficient (Wildman–Crippen LogP) is 2.74. The average Bonchev–Trinajstić information content (AvgIpc) is 2.49. The highest BCUT2D eigenvalue weighted by molar-refractivity contribution is 7.99. The maximum Gasteiger partial charge on any atom is 0.307 e. The summed E-state index contributed by atoms with van der Waals surface area (Å²) < 4.78 is 24.5. The standard InChI is InChI=1S/C15H18F2N2O3S/c16-15(17)23-12-5-3-11(4-6-12)18-13(20)9-19-7-1-2-10(8-19)14(21)22/h3-6,10,15H,1-2,7-9H2,(H,18,20)(H,21,22). The van der Waals surface area contributed by atoms with Crippen molar-refractivity contribution >= 4 is 29.3 Å². The lowest BCUT2D eigenvalue weighted by Crippen LogP contribution is -2.42. The van der Waals surface area contributed by atoms with Gasteiger partial charge in [-0.3, -0.25) is 14.5 Å². The van der Waals surface area contributed by atoms with Crippen molar-refractivity contribution in [1.82, 2.24) is 4.90 Å². The number of benzene rings is 1. The van der Waals surface area contributed by atoms with Crippen molar-refractivity contribution < 1.29 is 23.5 Å². The van der Waals surface area contributed by atoms with E-state index in [0.717, 1.165) is 6.42 Å². The molecule has 1 aliphatic rings. The number of anilines is 1. The summed E-state index contributed by atoms with van der Waals surface area (Å²) in [6, 6.07) is 6.18. The molecule has 8 heteroatoms. The van der Waals surface area contributed by atoms with Gasteiger partial charge in [-0.2, -0.15) is 8.78 Å². The Morgan fingerprint density at radius 2 is 2.04 bits per heavy atom. The topological polar surface area (TPSA) is 69.6 Å². The number of piperidine rings is 1. The second-order valence-electron chi connectivity index (χ2n) is 5.36. The molecule has 1 saturated heterocycles. The van der Waals surface area contributed by atoms with Gasteiger partial charge in [-0.05, 0) is 43.7 Å². The van der Waals surface area contributed by atoms with Crippen LogP contribution in [0.15, 0.2) is 29.2 Å². The van der Waals surface area contributed by atoms with Crippen LogP contribution in [-0.2, 0) is 9.59 Å². The van der Waals surface area contributed by atoms with Crippen molar-refractivity contribution in [1.29, 1.82) is 0 Å². The van der Waals surface area contributed by atoms with Crippen molar-refractivity contribution in [2.24, 2.45) is 5.92 Å². The van der Waals surface area contributed by atoms with E-state index in [1.165, 1.54) is 12.1 Å². The number of carbonyl (C=O) groups excluding carboxylic acids is 1. The van der Waals surface area contributed by atoms with Crippen LogP contribution in [-0.4, -0.2) is 47.3 Å². The van der Waals surface area contributed by atoms with Gasteiger partial charge in [-0.25, -0.2) is 0 Å². The number of nitrogens with zero attached hydrogens (tertiary/aromatic N) is 1. The minimum absolute atomic E-state index is 0.122. The molecule has 0 saturated carbocycles. The molecule has 23 heavy (non-hydrogen) atoms. The Balaban J connectivity index is 1.83. The fraction of sp³-hybridized carbons (Fsp3) is 0.467. The minimum atomic E-state index is -2.48. The number of carboxylic acid groups (broad SMARTS) is 1. The zero-order valence-corrected chi connectivity index (χ0v) is 13.2. The molecule has 0 aromatic heterocycles. The average molecular weight is 344 g/mol. The molecule has 2 rings (SSSR count). The molecule has 1 fully saturated rings. The monoisotopic (exact) mass is 344 g/mol. The van der Waals surface area contributed by atoms with Gasteiger partial charge in [-0.15, -0.1) is 0 Å². The highest BCUT2D eigenvalue weighted by atomic mass is 32.2. The lowest BCUT2D eigenvalue weighted by atomic mass is 9.98. The van der Waals surface area contributed by atoms with E-state index in [1.807, 2.05) is 4.90 Å². The van der Waals surface area contributed by atoms with E-state index in [-0.39, 0.29) is 12.5 Å². The summed E-state index contributed by atoms with van der Waals surface area (Å²) in [6.45, 7) is 1.19.